The third-order valence-electron chi connectivity index (χ3n) is 4.08. The standard InChI is InChI=1S/C14H16FNO2/c1-18-11-4-5-12(13(15)7-11)14(17)16-8-9-2-3-10(16)6-9/h4-5,7,9-10H,2-3,6,8H2,1H3. The van der Waals surface area contributed by atoms with Crippen molar-refractivity contribution in [2.45, 2.75) is 25.3 Å². The Labute approximate surface area is 106 Å². The molecule has 2 aliphatic rings. The van der Waals surface area contributed by atoms with E-state index < -0.39 is 5.82 Å². The summed E-state index contributed by atoms with van der Waals surface area (Å²) in [4.78, 5) is 14.1. The number of likely N-dealkylation sites (tertiary alicyclic amines) is 1. The lowest BCUT2D eigenvalue weighted by molar-refractivity contribution is 0.0699. The van der Waals surface area contributed by atoms with Gasteiger partial charge in [-0.2, -0.15) is 0 Å². The number of benzene rings is 1. The zero-order valence-electron chi connectivity index (χ0n) is 10.4. The van der Waals surface area contributed by atoms with E-state index in [-0.39, 0.29) is 11.5 Å². The van der Waals surface area contributed by atoms with Gasteiger partial charge in [-0.05, 0) is 37.3 Å². The van der Waals surface area contributed by atoms with Gasteiger partial charge in [-0.15, -0.1) is 0 Å². The van der Waals surface area contributed by atoms with Crippen LogP contribution in [0.5, 0.6) is 5.75 Å². The van der Waals surface area contributed by atoms with Gasteiger partial charge in [0.25, 0.3) is 5.91 Å². The lowest BCUT2D eigenvalue weighted by Crippen LogP contribution is -2.38. The maximum absolute atomic E-state index is 13.9. The lowest BCUT2D eigenvalue weighted by Gasteiger charge is -2.27. The van der Waals surface area contributed by atoms with Crippen LogP contribution in [0.4, 0.5) is 4.39 Å². The molecule has 2 unspecified atom stereocenters. The molecule has 3 nitrogen and oxygen atoms in total. The van der Waals surface area contributed by atoms with Gasteiger partial charge in [0.15, 0.2) is 0 Å². The highest BCUT2D eigenvalue weighted by molar-refractivity contribution is 5.95. The Hall–Kier alpha value is -1.58. The van der Waals surface area contributed by atoms with E-state index in [9.17, 15) is 9.18 Å². The van der Waals surface area contributed by atoms with E-state index in [2.05, 4.69) is 0 Å². The zero-order valence-corrected chi connectivity index (χ0v) is 10.4. The molecule has 0 N–H and O–H groups in total. The number of ether oxygens (including phenoxy) is 1. The number of fused-ring (bicyclic) bond motifs is 2. The summed E-state index contributed by atoms with van der Waals surface area (Å²) >= 11 is 0. The van der Waals surface area contributed by atoms with E-state index in [1.54, 1.807) is 6.07 Å². The first kappa shape index (κ1) is 11.5. The Morgan fingerprint density at radius 1 is 1.44 bits per heavy atom. The van der Waals surface area contributed by atoms with Gasteiger partial charge in [0.05, 0.1) is 12.7 Å². The molecule has 4 heteroatoms. The molecular formula is C14H16FNO2. The summed E-state index contributed by atoms with van der Waals surface area (Å²) in [6.07, 6.45) is 3.36. The fourth-order valence-corrected chi connectivity index (χ4v) is 3.12. The summed E-state index contributed by atoms with van der Waals surface area (Å²) in [6, 6.07) is 4.73. The molecule has 1 aliphatic carbocycles. The van der Waals surface area contributed by atoms with Crippen molar-refractivity contribution >= 4 is 5.91 Å². The molecule has 1 heterocycles. The summed E-state index contributed by atoms with van der Waals surface area (Å²) in [5.41, 5.74) is 0.156. The summed E-state index contributed by atoms with van der Waals surface area (Å²) < 4.78 is 18.8. The Morgan fingerprint density at radius 2 is 2.28 bits per heavy atom. The molecule has 18 heavy (non-hydrogen) atoms. The van der Waals surface area contributed by atoms with Crippen LogP contribution in [-0.4, -0.2) is 30.5 Å². The molecule has 2 atom stereocenters. The Bertz CT molecular complexity index is 489. The van der Waals surface area contributed by atoms with Crippen LogP contribution in [0.3, 0.4) is 0 Å². The van der Waals surface area contributed by atoms with Crippen molar-refractivity contribution in [2.75, 3.05) is 13.7 Å². The van der Waals surface area contributed by atoms with Crippen LogP contribution in [0.2, 0.25) is 0 Å². The molecule has 1 amide bonds. The molecular weight excluding hydrogens is 233 g/mol. The summed E-state index contributed by atoms with van der Waals surface area (Å²) in [6.45, 7) is 0.787. The zero-order chi connectivity index (χ0) is 12.7. The van der Waals surface area contributed by atoms with Crippen molar-refractivity contribution < 1.29 is 13.9 Å². The quantitative estimate of drug-likeness (QED) is 0.805. The number of rotatable bonds is 2. The predicted molar refractivity (Wildman–Crippen MR) is 65.1 cm³/mol. The molecule has 1 aromatic rings. The minimum atomic E-state index is -0.498. The SMILES string of the molecule is COc1ccc(C(=O)N2CC3CCC2C3)c(F)c1. The number of piperidine rings is 1. The highest BCUT2D eigenvalue weighted by Crippen LogP contribution is 2.38. The number of methoxy groups -OCH3 is 1. The van der Waals surface area contributed by atoms with Crippen molar-refractivity contribution in [1.82, 2.24) is 4.90 Å². The van der Waals surface area contributed by atoms with Crippen LogP contribution in [0, 0.1) is 11.7 Å². The Kier molecular flexibility index (Phi) is 2.73. The highest BCUT2D eigenvalue weighted by atomic mass is 19.1. The maximum Gasteiger partial charge on any atom is 0.257 e. The second-order valence-electron chi connectivity index (χ2n) is 5.14. The fraction of sp³-hybridized carbons (Fsp3) is 0.500. The number of hydrogen-bond donors (Lipinski definition) is 0. The number of hydrogen-bond acceptors (Lipinski definition) is 2. The lowest BCUT2D eigenvalue weighted by atomic mass is 10.1. The van der Waals surface area contributed by atoms with Gasteiger partial charge in [0, 0.05) is 18.7 Å². The minimum absolute atomic E-state index is 0.156. The van der Waals surface area contributed by atoms with E-state index >= 15 is 0 Å². The van der Waals surface area contributed by atoms with E-state index in [1.807, 2.05) is 4.90 Å². The first-order valence-electron chi connectivity index (χ1n) is 6.33. The maximum atomic E-state index is 13.9. The third-order valence-corrected chi connectivity index (χ3v) is 4.08. The van der Waals surface area contributed by atoms with Crippen molar-refractivity contribution in [3.63, 3.8) is 0 Å². The molecule has 2 fully saturated rings. The van der Waals surface area contributed by atoms with Crippen LogP contribution >= 0.6 is 0 Å². The first-order valence-corrected chi connectivity index (χ1v) is 6.33. The van der Waals surface area contributed by atoms with Crippen molar-refractivity contribution in [2.24, 2.45) is 5.92 Å². The van der Waals surface area contributed by atoms with Crippen molar-refractivity contribution in [3.8, 4) is 5.75 Å². The van der Waals surface area contributed by atoms with E-state index in [4.69, 9.17) is 4.74 Å². The average Bonchev–Trinajstić information content (AvgIpc) is 3.00. The van der Waals surface area contributed by atoms with Gasteiger partial charge in [-0.3, -0.25) is 4.79 Å². The summed E-state index contributed by atoms with van der Waals surface area (Å²) in [7, 11) is 1.48. The van der Waals surface area contributed by atoms with Crippen LogP contribution in [0.1, 0.15) is 29.6 Å². The second-order valence-corrected chi connectivity index (χ2v) is 5.14. The van der Waals surface area contributed by atoms with Gasteiger partial charge < -0.3 is 9.64 Å². The topological polar surface area (TPSA) is 29.5 Å². The number of carbonyl (C=O) groups is 1. The van der Waals surface area contributed by atoms with Gasteiger partial charge >= 0.3 is 0 Å². The molecule has 0 aromatic heterocycles. The summed E-state index contributed by atoms with van der Waals surface area (Å²) in [5, 5.41) is 0. The Balaban J connectivity index is 1.84. The van der Waals surface area contributed by atoms with Gasteiger partial charge in [0.2, 0.25) is 0 Å². The van der Waals surface area contributed by atoms with Crippen molar-refractivity contribution in [3.05, 3.63) is 29.6 Å². The molecule has 1 aromatic carbocycles. The van der Waals surface area contributed by atoms with Crippen LogP contribution in [0.25, 0.3) is 0 Å². The van der Waals surface area contributed by atoms with Gasteiger partial charge in [0.1, 0.15) is 11.6 Å². The largest absolute Gasteiger partial charge is 0.497 e. The molecule has 96 valence electrons. The molecule has 1 aliphatic heterocycles. The molecule has 1 saturated carbocycles. The predicted octanol–water partition coefficient (Wildman–Crippen LogP) is 2.46. The number of halogens is 1. The highest BCUT2D eigenvalue weighted by Gasteiger charge is 2.40. The smallest absolute Gasteiger partial charge is 0.257 e. The number of carbonyl (C=O) groups excluding carboxylic acids is 1. The molecule has 1 saturated heterocycles. The second kappa shape index (κ2) is 4.26. The minimum Gasteiger partial charge on any atom is -0.497 e. The fourth-order valence-electron chi connectivity index (χ4n) is 3.12. The van der Waals surface area contributed by atoms with Gasteiger partial charge in [-0.25, -0.2) is 4.39 Å². The van der Waals surface area contributed by atoms with Gasteiger partial charge in [-0.1, -0.05) is 0 Å². The van der Waals surface area contributed by atoms with Crippen LogP contribution < -0.4 is 4.74 Å². The van der Waals surface area contributed by atoms with E-state index in [0.717, 1.165) is 19.4 Å². The van der Waals surface area contributed by atoms with Crippen LogP contribution in [0.15, 0.2) is 18.2 Å². The average molecular weight is 249 g/mol. The van der Waals surface area contributed by atoms with E-state index in [1.165, 1.54) is 25.7 Å². The Morgan fingerprint density at radius 3 is 2.83 bits per heavy atom. The number of nitrogens with zero attached hydrogens (tertiary/aromatic N) is 1. The molecule has 0 spiro atoms. The molecule has 0 radical (unpaired) electrons. The third kappa shape index (κ3) is 1.76. The molecule has 2 bridgehead atoms. The van der Waals surface area contributed by atoms with Crippen LogP contribution in [-0.2, 0) is 0 Å². The normalized spacial score (nSPS) is 25.6. The number of amides is 1. The molecule has 3 rings (SSSR count). The monoisotopic (exact) mass is 249 g/mol. The first-order chi connectivity index (χ1) is 8.69. The van der Waals surface area contributed by atoms with E-state index in [0.29, 0.717) is 17.7 Å². The van der Waals surface area contributed by atoms with Crippen molar-refractivity contribution in [1.29, 1.82) is 0 Å². The summed E-state index contributed by atoms with van der Waals surface area (Å²) in [5.74, 6) is 0.386.